The van der Waals surface area contributed by atoms with E-state index in [-0.39, 0.29) is 0 Å². The van der Waals surface area contributed by atoms with Gasteiger partial charge in [0.05, 0.1) is 0 Å². The maximum atomic E-state index is 12.2. The van der Waals surface area contributed by atoms with Crippen LogP contribution >= 0.6 is 0 Å². The first kappa shape index (κ1) is 12.8. The molecule has 11 heteroatoms. The molecule has 1 aliphatic rings. The maximum absolute atomic E-state index is 12.2. The van der Waals surface area contributed by atoms with Crippen LogP contribution in [0.1, 0.15) is 0 Å². The van der Waals surface area contributed by atoms with Crippen molar-refractivity contribution in [2.24, 2.45) is 0 Å². The van der Waals surface area contributed by atoms with Gasteiger partial charge in [-0.15, -0.1) is 0 Å². The van der Waals surface area contributed by atoms with Gasteiger partial charge >= 0.3 is 18.4 Å². The fourth-order valence-corrected chi connectivity index (χ4v) is 1.09. The van der Waals surface area contributed by atoms with Crippen molar-refractivity contribution >= 4 is 6.03 Å². The van der Waals surface area contributed by atoms with Gasteiger partial charge in [0, 0.05) is 0 Å². The maximum Gasteiger partial charge on any atom is 0.442 e. The van der Waals surface area contributed by atoms with Gasteiger partial charge in [-0.2, -0.15) is 26.3 Å². The number of rotatable bonds is 0. The molecule has 0 aromatic heterocycles. The van der Waals surface area contributed by atoms with Crippen LogP contribution in [0, 0.1) is 0 Å². The summed E-state index contributed by atoms with van der Waals surface area (Å²) in [6.07, 6.45) is -11.8. The minimum atomic E-state index is -5.92. The number of alkyl halides is 6. The number of nitrogens with one attached hydrogen (secondary N) is 2. The topological polar surface area (TPSA) is 81.6 Å². The Morgan fingerprint density at radius 2 is 1.12 bits per heavy atom. The Labute approximate surface area is 83.0 Å². The predicted molar refractivity (Wildman–Crippen MR) is 33.7 cm³/mol. The molecule has 16 heavy (non-hydrogen) atoms. The van der Waals surface area contributed by atoms with Crippen molar-refractivity contribution in [2.75, 3.05) is 0 Å². The van der Waals surface area contributed by atoms with Crippen LogP contribution in [0.5, 0.6) is 0 Å². The van der Waals surface area contributed by atoms with E-state index >= 15 is 0 Å². The van der Waals surface area contributed by atoms with E-state index in [4.69, 9.17) is 10.2 Å². The lowest BCUT2D eigenvalue weighted by atomic mass is 10.0. The largest absolute Gasteiger partial charge is 0.442 e. The van der Waals surface area contributed by atoms with Crippen LogP contribution in [0.15, 0.2) is 0 Å². The number of amides is 2. The molecular weight excluding hydrogens is 250 g/mol. The summed E-state index contributed by atoms with van der Waals surface area (Å²) in [5.74, 6) is 0. The number of halogens is 6. The van der Waals surface area contributed by atoms with Gasteiger partial charge in [-0.1, -0.05) is 0 Å². The highest BCUT2D eigenvalue weighted by Gasteiger charge is 2.81. The van der Waals surface area contributed by atoms with Gasteiger partial charge in [0.25, 0.3) is 11.4 Å². The van der Waals surface area contributed by atoms with E-state index in [9.17, 15) is 31.1 Å². The van der Waals surface area contributed by atoms with Crippen LogP contribution in [-0.4, -0.2) is 40.0 Å². The van der Waals surface area contributed by atoms with Crippen molar-refractivity contribution in [1.82, 2.24) is 10.6 Å². The Morgan fingerprint density at radius 1 is 0.875 bits per heavy atom. The first-order valence-corrected chi connectivity index (χ1v) is 3.54. The molecule has 1 rings (SSSR count). The summed E-state index contributed by atoms with van der Waals surface area (Å²) in [6, 6.07) is -2.00. The highest BCUT2D eigenvalue weighted by molar-refractivity contribution is 5.79. The molecule has 5 nitrogen and oxygen atoms in total. The Kier molecular flexibility index (Phi) is 2.34. The van der Waals surface area contributed by atoms with E-state index < -0.39 is 29.8 Å². The zero-order valence-electron chi connectivity index (χ0n) is 7.07. The number of hydrogen-bond donors (Lipinski definition) is 4. The molecule has 4 N–H and O–H groups in total. The fourth-order valence-electron chi connectivity index (χ4n) is 1.09. The molecule has 1 heterocycles. The molecule has 94 valence electrons. The third-order valence-electron chi connectivity index (χ3n) is 1.93. The van der Waals surface area contributed by atoms with Crippen LogP contribution in [0.2, 0.25) is 0 Å². The third-order valence-corrected chi connectivity index (χ3v) is 1.93. The van der Waals surface area contributed by atoms with Gasteiger partial charge in [0.15, 0.2) is 0 Å². The molecule has 0 aromatic rings. The van der Waals surface area contributed by atoms with Gasteiger partial charge < -0.3 is 10.2 Å². The highest BCUT2D eigenvalue weighted by atomic mass is 19.4. The van der Waals surface area contributed by atoms with Crippen LogP contribution < -0.4 is 10.6 Å². The molecule has 0 saturated carbocycles. The second-order valence-corrected chi connectivity index (χ2v) is 3.00. The number of carbonyl (C=O) groups is 1. The zero-order chi connectivity index (χ0) is 13.0. The average Bonchev–Trinajstić information content (AvgIpc) is 2.21. The lowest BCUT2D eigenvalue weighted by molar-refractivity contribution is -0.385. The molecule has 0 aromatic carbocycles. The number of carbonyl (C=O) groups excluding carboxylic acids is 1. The van der Waals surface area contributed by atoms with Crippen molar-refractivity contribution in [2.45, 2.75) is 23.8 Å². The van der Waals surface area contributed by atoms with E-state index in [0.717, 1.165) is 0 Å². The molecule has 0 aliphatic carbocycles. The van der Waals surface area contributed by atoms with E-state index in [1.165, 1.54) is 0 Å². The number of urea groups is 1. The van der Waals surface area contributed by atoms with Gasteiger partial charge in [-0.25, -0.2) is 4.79 Å². The summed E-state index contributed by atoms with van der Waals surface area (Å²) in [7, 11) is 0. The van der Waals surface area contributed by atoms with E-state index in [2.05, 4.69) is 0 Å². The van der Waals surface area contributed by atoms with Crippen molar-refractivity contribution in [1.29, 1.82) is 0 Å². The van der Waals surface area contributed by atoms with Gasteiger partial charge in [0.1, 0.15) is 0 Å². The van der Waals surface area contributed by atoms with Crippen molar-refractivity contribution in [3.63, 3.8) is 0 Å². The monoisotopic (exact) mass is 254 g/mol. The SMILES string of the molecule is O=C1NC(O)(C(F)(F)F)C(O)(C(F)(F)F)N1. The van der Waals surface area contributed by atoms with Crippen LogP contribution in [0.25, 0.3) is 0 Å². The summed E-state index contributed by atoms with van der Waals surface area (Å²) >= 11 is 0. The number of hydrogen-bond acceptors (Lipinski definition) is 3. The van der Waals surface area contributed by atoms with E-state index in [1.54, 1.807) is 0 Å². The molecule has 0 radical (unpaired) electrons. The average molecular weight is 254 g/mol. The summed E-state index contributed by atoms with van der Waals surface area (Å²) in [6.45, 7) is 0. The molecule has 0 spiro atoms. The second kappa shape index (κ2) is 2.91. The Hall–Kier alpha value is -1.23. The lowest BCUT2D eigenvalue weighted by Crippen LogP contribution is -2.74. The molecule has 0 bridgehead atoms. The standard InChI is InChI=1S/C5H4F6N2O3/c6-4(7,8)2(15)3(16,5(9,10)11)13-1(14)12-2/h15-16H,(H2,12,13,14). The van der Waals surface area contributed by atoms with Crippen LogP contribution in [-0.2, 0) is 0 Å². The van der Waals surface area contributed by atoms with Crippen molar-refractivity contribution in [3.8, 4) is 0 Å². The van der Waals surface area contributed by atoms with Gasteiger partial charge in [-0.3, -0.25) is 10.6 Å². The normalized spacial score (nSPS) is 35.9. The quantitative estimate of drug-likeness (QED) is 0.452. The Morgan fingerprint density at radius 3 is 1.31 bits per heavy atom. The minimum Gasteiger partial charge on any atom is -0.359 e. The lowest BCUT2D eigenvalue weighted by Gasteiger charge is -2.37. The van der Waals surface area contributed by atoms with Crippen LogP contribution in [0.3, 0.4) is 0 Å². The van der Waals surface area contributed by atoms with Crippen molar-refractivity contribution in [3.05, 3.63) is 0 Å². The molecule has 1 aliphatic heterocycles. The molecule has 1 saturated heterocycles. The second-order valence-electron chi connectivity index (χ2n) is 3.00. The molecule has 2 amide bonds. The fraction of sp³-hybridized carbons (Fsp3) is 0.800. The summed E-state index contributed by atoms with van der Waals surface area (Å²) < 4.78 is 73.1. The smallest absolute Gasteiger partial charge is 0.359 e. The highest BCUT2D eigenvalue weighted by Crippen LogP contribution is 2.45. The van der Waals surface area contributed by atoms with Crippen molar-refractivity contribution < 1.29 is 41.4 Å². The first-order chi connectivity index (χ1) is 6.85. The summed E-state index contributed by atoms with van der Waals surface area (Å²) in [4.78, 5) is 10.4. The van der Waals surface area contributed by atoms with E-state index in [1.807, 2.05) is 0 Å². The Bertz CT molecular complexity index is 297. The summed E-state index contributed by atoms with van der Waals surface area (Å²) in [5.41, 5.74) is -9.68. The summed E-state index contributed by atoms with van der Waals surface area (Å²) in [5, 5.41) is 18.7. The Balaban J connectivity index is 3.34. The first-order valence-electron chi connectivity index (χ1n) is 3.54. The van der Waals surface area contributed by atoms with E-state index in [0.29, 0.717) is 10.6 Å². The van der Waals surface area contributed by atoms with Gasteiger partial charge in [0.2, 0.25) is 0 Å². The minimum absolute atomic E-state index is 0.578. The molecule has 2 unspecified atom stereocenters. The molecule has 2 atom stereocenters. The third kappa shape index (κ3) is 1.38. The predicted octanol–water partition coefficient (Wildman–Crippen LogP) is -0.199. The zero-order valence-corrected chi connectivity index (χ0v) is 7.07. The van der Waals surface area contributed by atoms with Crippen LogP contribution in [0.4, 0.5) is 31.1 Å². The number of aliphatic hydroxyl groups is 2. The molecular formula is C5H4F6N2O3. The molecule has 1 fully saturated rings. The van der Waals surface area contributed by atoms with Gasteiger partial charge in [-0.05, 0) is 0 Å².